The Hall–Kier alpha value is -2.94. The van der Waals surface area contributed by atoms with E-state index in [4.69, 9.17) is 15.2 Å². The molecule has 3 rings (SSSR count). The van der Waals surface area contributed by atoms with Crippen molar-refractivity contribution in [1.82, 2.24) is 15.2 Å². The van der Waals surface area contributed by atoms with Gasteiger partial charge in [-0.05, 0) is 48.5 Å². The smallest absolute Gasteiger partial charge is 0.255 e. The monoisotopic (exact) mass is 417 g/mol. The van der Waals surface area contributed by atoms with Crippen LogP contribution in [-0.2, 0) is 11.3 Å². The number of hydrogen-bond acceptors (Lipinski definition) is 6. The zero-order chi connectivity index (χ0) is 19.8. The second-order valence-electron chi connectivity index (χ2n) is 6.06. The predicted molar refractivity (Wildman–Crippen MR) is 113 cm³/mol. The average Bonchev–Trinajstić information content (AvgIpc) is 3.21. The van der Waals surface area contributed by atoms with E-state index >= 15 is 0 Å². The fraction of sp³-hybridized carbons (Fsp3) is 0.250. The van der Waals surface area contributed by atoms with Crippen LogP contribution in [0.2, 0.25) is 0 Å². The highest BCUT2D eigenvalue weighted by Crippen LogP contribution is 2.19. The van der Waals surface area contributed by atoms with E-state index in [1.165, 1.54) is 0 Å². The number of halogens is 1. The van der Waals surface area contributed by atoms with E-state index < -0.39 is 0 Å². The molecule has 0 atom stereocenters. The number of carbonyl (C=O) groups excluding carboxylic acids is 1. The lowest BCUT2D eigenvalue weighted by molar-refractivity contribution is 0.102. The number of benzene rings is 2. The van der Waals surface area contributed by atoms with Crippen molar-refractivity contribution < 1.29 is 14.3 Å². The molecule has 29 heavy (non-hydrogen) atoms. The molecular formula is C20H24ClN5O3. The van der Waals surface area contributed by atoms with Gasteiger partial charge in [-0.25, -0.2) is 4.98 Å². The van der Waals surface area contributed by atoms with Gasteiger partial charge >= 0.3 is 0 Å². The van der Waals surface area contributed by atoms with E-state index in [2.05, 4.69) is 20.5 Å². The summed E-state index contributed by atoms with van der Waals surface area (Å²) in [4.78, 5) is 16.7. The van der Waals surface area contributed by atoms with Gasteiger partial charge in [0.15, 0.2) is 5.82 Å². The highest BCUT2D eigenvalue weighted by molar-refractivity contribution is 6.04. The quantitative estimate of drug-likeness (QED) is 0.461. The molecule has 154 valence electrons. The number of rotatable bonds is 9. The first-order valence-corrected chi connectivity index (χ1v) is 8.94. The van der Waals surface area contributed by atoms with Crippen molar-refractivity contribution >= 4 is 24.0 Å². The number of hydrogen-bond donors (Lipinski definition) is 3. The van der Waals surface area contributed by atoms with Crippen LogP contribution in [0.4, 0.5) is 5.69 Å². The van der Waals surface area contributed by atoms with Crippen LogP contribution in [0.1, 0.15) is 22.6 Å². The fourth-order valence-electron chi connectivity index (χ4n) is 2.52. The molecule has 0 saturated heterocycles. The van der Waals surface area contributed by atoms with Crippen molar-refractivity contribution in [1.29, 1.82) is 0 Å². The summed E-state index contributed by atoms with van der Waals surface area (Å²) in [5, 5.41) is 9.75. The third-order valence-corrected chi connectivity index (χ3v) is 4.00. The fourth-order valence-corrected chi connectivity index (χ4v) is 2.52. The molecule has 0 spiro atoms. The van der Waals surface area contributed by atoms with E-state index in [0.29, 0.717) is 42.7 Å². The Bertz CT molecular complexity index is 897. The Morgan fingerprint density at radius 3 is 2.45 bits per heavy atom. The maximum atomic E-state index is 12.4. The predicted octanol–water partition coefficient (Wildman–Crippen LogP) is 3.02. The average molecular weight is 418 g/mol. The lowest BCUT2D eigenvalue weighted by atomic mass is 10.1. The molecule has 0 saturated carbocycles. The van der Waals surface area contributed by atoms with Crippen LogP contribution in [0.5, 0.6) is 5.75 Å². The Morgan fingerprint density at radius 2 is 1.83 bits per heavy atom. The van der Waals surface area contributed by atoms with Crippen LogP contribution in [0.15, 0.2) is 48.5 Å². The zero-order valence-electron chi connectivity index (χ0n) is 16.1. The Balaban J connectivity index is 0.00000300. The lowest BCUT2D eigenvalue weighted by Gasteiger charge is -2.08. The van der Waals surface area contributed by atoms with Crippen molar-refractivity contribution in [3.63, 3.8) is 0 Å². The van der Waals surface area contributed by atoms with E-state index in [9.17, 15) is 4.79 Å². The normalized spacial score (nSPS) is 10.3. The number of nitrogens with zero attached hydrogens (tertiary/aromatic N) is 2. The van der Waals surface area contributed by atoms with Gasteiger partial charge in [-0.1, -0.05) is 0 Å². The van der Waals surface area contributed by atoms with Crippen LogP contribution >= 0.6 is 12.4 Å². The molecule has 0 radical (unpaired) electrons. The summed E-state index contributed by atoms with van der Waals surface area (Å²) in [5.41, 5.74) is 7.60. The molecule has 0 aliphatic rings. The van der Waals surface area contributed by atoms with Crippen molar-refractivity contribution in [2.24, 2.45) is 5.73 Å². The molecule has 0 aliphatic carbocycles. The van der Waals surface area contributed by atoms with Crippen LogP contribution in [0.3, 0.4) is 0 Å². The van der Waals surface area contributed by atoms with Gasteiger partial charge in [0.1, 0.15) is 11.6 Å². The highest BCUT2D eigenvalue weighted by Gasteiger charge is 2.08. The molecule has 9 heteroatoms. The van der Waals surface area contributed by atoms with E-state index in [1.54, 1.807) is 43.5 Å². The minimum absolute atomic E-state index is 0. The number of nitrogens with one attached hydrogen (secondary N) is 2. The van der Waals surface area contributed by atoms with Gasteiger partial charge in [-0.15, -0.1) is 12.4 Å². The van der Waals surface area contributed by atoms with Crippen molar-refractivity contribution in [3.05, 3.63) is 59.9 Å². The molecule has 3 aromatic rings. The summed E-state index contributed by atoms with van der Waals surface area (Å²) in [5.74, 6) is 1.72. The summed E-state index contributed by atoms with van der Waals surface area (Å²) in [7, 11) is 1.66. The molecule has 0 fully saturated rings. The zero-order valence-corrected chi connectivity index (χ0v) is 16.9. The molecule has 8 nitrogen and oxygen atoms in total. The topological polar surface area (TPSA) is 115 Å². The van der Waals surface area contributed by atoms with Gasteiger partial charge < -0.3 is 20.5 Å². The second-order valence-corrected chi connectivity index (χ2v) is 6.06. The van der Waals surface area contributed by atoms with Crippen LogP contribution < -0.4 is 15.8 Å². The van der Waals surface area contributed by atoms with Gasteiger partial charge in [0.25, 0.3) is 5.91 Å². The van der Waals surface area contributed by atoms with Crippen molar-refractivity contribution in [2.75, 3.05) is 25.6 Å². The van der Waals surface area contributed by atoms with Crippen molar-refractivity contribution in [3.8, 4) is 17.1 Å². The Morgan fingerprint density at radius 1 is 1.10 bits per heavy atom. The van der Waals surface area contributed by atoms with E-state index in [-0.39, 0.29) is 18.3 Å². The first-order chi connectivity index (χ1) is 13.7. The summed E-state index contributed by atoms with van der Waals surface area (Å²) >= 11 is 0. The van der Waals surface area contributed by atoms with E-state index in [0.717, 1.165) is 17.7 Å². The van der Waals surface area contributed by atoms with Crippen molar-refractivity contribution in [2.45, 2.75) is 13.0 Å². The summed E-state index contributed by atoms with van der Waals surface area (Å²) in [6.45, 7) is 1.53. The number of ether oxygens (including phenoxy) is 2. The lowest BCUT2D eigenvalue weighted by Crippen LogP contribution is -2.11. The molecule has 0 aliphatic heterocycles. The number of nitrogens with two attached hydrogens (primary N) is 1. The van der Waals surface area contributed by atoms with Gasteiger partial charge in [0.05, 0.1) is 13.2 Å². The molecule has 1 heterocycles. The molecule has 4 N–H and O–H groups in total. The standard InChI is InChI=1S/C20H23N5O3.ClH/c1-27-11-2-12-28-17-9-5-15(6-10-17)20(26)22-16-7-3-14(4-8-16)19-23-18(13-21)24-25-19;/h3-10H,2,11-13,21H2,1H3,(H,22,26)(H,23,24,25);1H. The summed E-state index contributed by atoms with van der Waals surface area (Å²) in [6.07, 6.45) is 0.816. The Labute approximate surface area is 175 Å². The molecule has 1 amide bonds. The third kappa shape index (κ3) is 6.28. The Kier molecular flexibility index (Phi) is 8.60. The molecule has 1 aromatic heterocycles. The van der Waals surface area contributed by atoms with Gasteiger partial charge in [-0.3, -0.25) is 9.89 Å². The first kappa shape index (κ1) is 22.4. The van der Waals surface area contributed by atoms with Crippen LogP contribution in [0.25, 0.3) is 11.4 Å². The minimum atomic E-state index is -0.193. The number of amides is 1. The molecule has 2 aromatic carbocycles. The van der Waals surface area contributed by atoms with Gasteiger partial charge in [0.2, 0.25) is 0 Å². The van der Waals surface area contributed by atoms with Crippen LogP contribution in [0, 0.1) is 0 Å². The first-order valence-electron chi connectivity index (χ1n) is 8.94. The highest BCUT2D eigenvalue weighted by atomic mass is 35.5. The number of aromatic nitrogens is 3. The number of carbonyl (C=O) groups is 1. The third-order valence-electron chi connectivity index (χ3n) is 4.00. The second kappa shape index (κ2) is 11.2. The summed E-state index contributed by atoms with van der Waals surface area (Å²) < 4.78 is 10.6. The molecular weight excluding hydrogens is 394 g/mol. The number of H-pyrrole nitrogens is 1. The maximum absolute atomic E-state index is 12.4. The molecule has 0 bridgehead atoms. The number of anilines is 1. The number of aromatic amines is 1. The summed E-state index contributed by atoms with van der Waals surface area (Å²) in [6, 6.07) is 14.3. The largest absolute Gasteiger partial charge is 0.494 e. The van der Waals surface area contributed by atoms with Gasteiger partial charge in [0, 0.05) is 37.0 Å². The molecule has 0 unspecified atom stereocenters. The number of methoxy groups -OCH3 is 1. The van der Waals surface area contributed by atoms with Crippen LogP contribution in [-0.4, -0.2) is 41.4 Å². The van der Waals surface area contributed by atoms with E-state index in [1.807, 2.05) is 12.1 Å². The minimum Gasteiger partial charge on any atom is -0.494 e. The maximum Gasteiger partial charge on any atom is 0.255 e. The SMILES string of the molecule is COCCCOc1ccc(C(=O)Nc2ccc(-c3n[nH]c(CN)n3)cc2)cc1.Cl. The van der Waals surface area contributed by atoms with Gasteiger partial charge in [-0.2, -0.15) is 5.10 Å².